The van der Waals surface area contributed by atoms with Crippen LogP contribution < -0.4 is 10.6 Å². The first-order chi connectivity index (χ1) is 10.0. The van der Waals surface area contributed by atoms with Crippen molar-refractivity contribution in [2.24, 2.45) is 5.92 Å². The van der Waals surface area contributed by atoms with Gasteiger partial charge in [0.1, 0.15) is 0 Å². The predicted octanol–water partition coefficient (Wildman–Crippen LogP) is 2.13. The summed E-state index contributed by atoms with van der Waals surface area (Å²) in [6.07, 6.45) is 4.70. The molecule has 0 aliphatic heterocycles. The molecule has 0 bridgehead atoms. The van der Waals surface area contributed by atoms with Gasteiger partial charge in [-0.3, -0.25) is 4.79 Å². The second-order valence-electron chi connectivity index (χ2n) is 5.64. The normalized spacial score (nSPS) is 22.2. The average Bonchev–Trinajstić information content (AvgIpc) is 2.40. The summed E-state index contributed by atoms with van der Waals surface area (Å²) >= 11 is 0. The van der Waals surface area contributed by atoms with Crippen molar-refractivity contribution in [2.45, 2.75) is 64.5 Å². The van der Waals surface area contributed by atoms with Crippen LogP contribution in [0.5, 0.6) is 0 Å². The molecular formula is C15H28N2O4. The van der Waals surface area contributed by atoms with Gasteiger partial charge in [-0.05, 0) is 38.5 Å². The van der Waals surface area contributed by atoms with Gasteiger partial charge in [0.15, 0.2) is 0 Å². The SMILES string of the molecule is CCOC1CC(NC(=O)NCCC(CC)CCC(=O)O)C1. The summed E-state index contributed by atoms with van der Waals surface area (Å²) < 4.78 is 5.44. The Labute approximate surface area is 126 Å². The maximum atomic E-state index is 11.7. The van der Waals surface area contributed by atoms with E-state index in [4.69, 9.17) is 9.84 Å². The van der Waals surface area contributed by atoms with Crippen LogP contribution in [0, 0.1) is 5.92 Å². The number of carbonyl (C=O) groups excluding carboxylic acids is 1. The molecule has 1 rings (SSSR count). The number of ether oxygens (including phenoxy) is 1. The Balaban J connectivity index is 2.06. The van der Waals surface area contributed by atoms with E-state index in [1.165, 1.54) is 0 Å². The molecule has 6 nitrogen and oxygen atoms in total. The minimum absolute atomic E-state index is 0.136. The van der Waals surface area contributed by atoms with Crippen molar-refractivity contribution in [1.82, 2.24) is 10.6 Å². The number of carboxylic acid groups (broad SMARTS) is 1. The van der Waals surface area contributed by atoms with E-state index < -0.39 is 5.97 Å². The fraction of sp³-hybridized carbons (Fsp3) is 0.867. The molecule has 0 saturated heterocycles. The summed E-state index contributed by atoms with van der Waals surface area (Å²) in [6.45, 7) is 5.33. The molecule has 1 saturated carbocycles. The van der Waals surface area contributed by atoms with Crippen LogP contribution in [0.1, 0.15) is 52.4 Å². The minimum Gasteiger partial charge on any atom is -0.481 e. The number of rotatable bonds is 10. The zero-order valence-electron chi connectivity index (χ0n) is 13.1. The highest BCUT2D eigenvalue weighted by molar-refractivity contribution is 5.74. The lowest BCUT2D eigenvalue weighted by molar-refractivity contribution is -0.137. The highest BCUT2D eigenvalue weighted by Crippen LogP contribution is 2.23. The third-order valence-electron chi connectivity index (χ3n) is 4.01. The first-order valence-electron chi connectivity index (χ1n) is 7.92. The number of hydrogen-bond donors (Lipinski definition) is 3. The number of urea groups is 1. The van der Waals surface area contributed by atoms with Crippen molar-refractivity contribution in [1.29, 1.82) is 0 Å². The van der Waals surface area contributed by atoms with E-state index in [2.05, 4.69) is 17.6 Å². The van der Waals surface area contributed by atoms with E-state index in [0.29, 0.717) is 25.0 Å². The third-order valence-corrected chi connectivity index (χ3v) is 4.01. The Bertz CT molecular complexity index is 330. The third kappa shape index (κ3) is 7.32. The Kier molecular flexibility index (Phi) is 8.12. The Morgan fingerprint density at radius 3 is 2.57 bits per heavy atom. The lowest BCUT2D eigenvalue weighted by Crippen LogP contribution is -2.51. The van der Waals surface area contributed by atoms with Crippen molar-refractivity contribution in [3.63, 3.8) is 0 Å². The molecule has 1 unspecified atom stereocenters. The first kappa shape index (κ1) is 17.8. The van der Waals surface area contributed by atoms with Crippen LogP contribution in [0.15, 0.2) is 0 Å². The maximum Gasteiger partial charge on any atom is 0.315 e. The van der Waals surface area contributed by atoms with E-state index in [0.717, 1.165) is 32.3 Å². The van der Waals surface area contributed by atoms with E-state index >= 15 is 0 Å². The van der Waals surface area contributed by atoms with Crippen molar-refractivity contribution in [2.75, 3.05) is 13.2 Å². The zero-order chi connectivity index (χ0) is 15.7. The van der Waals surface area contributed by atoms with Crippen molar-refractivity contribution >= 4 is 12.0 Å². The van der Waals surface area contributed by atoms with Gasteiger partial charge in [-0.2, -0.15) is 0 Å². The molecule has 0 radical (unpaired) electrons. The van der Waals surface area contributed by atoms with Gasteiger partial charge >= 0.3 is 12.0 Å². The molecule has 0 heterocycles. The van der Waals surface area contributed by atoms with Gasteiger partial charge in [0.05, 0.1) is 6.10 Å². The van der Waals surface area contributed by atoms with Crippen LogP contribution in [0.25, 0.3) is 0 Å². The Hall–Kier alpha value is -1.30. The number of carbonyl (C=O) groups is 2. The summed E-state index contributed by atoms with van der Waals surface area (Å²) in [5.74, 6) is -0.402. The van der Waals surface area contributed by atoms with Gasteiger partial charge in [0.2, 0.25) is 0 Å². The summed E-state index contributed by atoms with van der Waals surface area (Å²) in [5.41, 5.74) is 0. The maximum absolute atomic E-state index is 11.7. The Morgan fingerprint density at radius 2 is 2.00 bits per heavy atom. The van der Waals surface area contributed by atoms with Gasteiger partial charge in [0, 0.05) is 25.6 Å². The quantitative estimate of drug-likeness (QED) is 0.577. The lowest BCUT2D eigenvalue weighted by atomic mass is 9.89. The molecule has 1 aliphatic rings. The highest BCUT2D eigenvalue weighted by atomic mass is 16.5. The number of amides is 2. The predicted molar refractivity (Wildman–Crippen MR) is 80.2 cm³/mol. The molecule has 1 fully saturated rings. The molecular weight excluding hydrogens is 272 g/mol. The van der Waals surface area contributed by atoms with Gasteiger partial charge in [0.25, 0.3) is 0 Å². The van der Waals surface area contributed by atoms with Crippen molar-refractivity contribution < 1.29 is 19.4 Å². The fourth-order valence-electron chi connectivity index (χ4n) is 2.56. The van der Waals surface area contributed by atoms with Crippen LogP contribution in [-0.4, -0.2) is 42.4 Å². The summed E-state index contributed by atoms with van der Waals surface area (Å²) in [6, 6.07) is 0.0820. The number of aliphatic carboxylic acids is 1. The number of nitrogens with one attached hydrogen (secondary N) is 2. The standard InChI is InChI=1S/C15H28N2O4/c1-3-11(5-6-14(18)19)7-8-16-15(20)17-12-9-13(10-12)21-4-2/h11-13H,3-10H2,1-2H3,(H,18,19)(H2,16,17,20). The zero-order valence-corrected chi connectivity index (χ0v) is 13.1. The molecule has 0 aromatic rings. The molecule has 1 aliphatic carbocycles. The second kappa shape index (κ2) is 9.60. The summed E-state index contributed by atoms with van der Waals surface area (Å²) in [7, 11) is 0. The fourth-order valence-corrected chi connectivity index (χ4v) is 2.56. The summed E-state index contributed by atoms with van der Waals surface area (Å²) in [4.78, 5) is 22.2. The van der Waals surface area contributed by atoms with Crippen molar-refractivity contribution in [3.8, 4) is 0 Å². The minimum atomic E-state index is -0.756. The van der Waals surface area contributed by atoms with Crippen LogP contribution in [-0.2, 0) is 9.53 Å². The second-order valence-corrected chi connectivity index (χ2v) is 5.64. The number of hydrogen-bond acceptors (Lipinski definition) is 3. The average molecular weight is 300 g/mol. The first-order valence-corrected chi connectivity index (χ1v) is 7.92. The van der Waals surface area contributed by atoms with Gasteiger partial charge in [-0.15, -0.1) is 0 Å². The molecule has 0 aromatic heterocycles. The molecule has 0 aromatic carbocycles. The molecule has 0 spiro atoms. The number of carboxylic acids is 1. The lowest BCUT2D eigenvalue weighted by Gasteiger charge is -2.35. The van der Waals surface area contributed by atoms with Gasteiger partial charge < -0.3 is 20.5 Å². The molecule has 1 atom stereocenters. The monoisotopic (exact) mass is 300 g/mol. The molecule has 21 heavy (non-hydrogen) atoms. The van der Waals surface area contributed by atoms with E-state index in [1.807, 2.05) is 6.92 Å². The van der Waals surface area contributed by atoms with Crippen LogP contribution in [0.3, 0.4) is 0 Å². The molecule has 122 valence electrons. The smallest absolute Gasteiger partial charge is 0.315 e. The van der Waals surface area contributed by atoms with Crippen LogP contribution in [0.4, 0.5) is 4.79 Å². The molecule has 2 amide bonds. The molecule has 6 heteroatoms. The Morgan fingerprint density at radius 1 is 1.29 bits per heavy atom. The van der Waals surface area contributed by atoms with E-state index in [9.17, 15) is 9.59 Å². The molecule has 3 N–H and O–H groups in total. The largest absolute Gasteiger partial charge is 0.481 e. The van der Waals surface area contributed by atoms with Crippen LogP contribution >= 0.6 is 0 Å². The highest BCUT2D eigenvalue weighted by Gasteiger charge is 2.30. The topological polar surface area (TPSA) is 87.7 Å². The van der Waals surface area contributed by atoms with E-state index in [-0.39, 0.29) is 18.5 Å². The van der Waals surface area contributed by atoms with Gasteiger partial charge in [-0.1, -0.05) is 13.3 Å². The van der Waals surface area contributed by atoms with Gasteiger partial charge in [-0.25, -0.2) is 4.79 Å². The summed E-state index contributed by atoms with van der Waals surface area (Å²) in [5, 5.41) is 14.4. The van der Waals surface area contributed by atoms with Crippen LogP contribution in [0.2, 0.25) is 0 Å². The van der Waals surface area contributed by atoms with Crippen molar-refractivity contribution in [3.05, 3.63) is 0 Å². The van der Waals surface area contributed by atoms with E-state index in [1.54, 1.807) is 0 Å².